The summed E-state index contributed by atoms with van der Waals surface area (Å²) in [7, 11) is 0. The van der Waals surface area contributed by atoms with Crippen molar-refractivity contribution in [1.82, 2.24) is 29.5 Å². The van der Waals surface area contributed by atoms with Crippen molar-refractivity contribution in [1.29, 1.82) is 0 Å². The third-order valence-electron chi connectivity index (χ3n) is 5.97. The van der Waals surface area contributed by atoms with Gasteiger partial charge in [-0.05, 0) is 49.9 Å². The summed E-state index contributed by atoms with van der Waals surface area (Å²) >= 11 is 0. The number of hydrogen-bond donors (Lipinski definition) is 4. The van der Waals surface area contributed by atoms with Crippen molar-refractivity contribution in [2.75, 3.05) is 11.1 Å². The minimum Gasteiger partial charge on any atom is -0.368 e. The number of H-pyrrole nitrogens is 1. The summed E-state index contributed by atoms with van der Waals surface area (Å²) in [6, 6.07) is 15.4. The highest BCUT2D eigenvalue weighted by Crippen LogP contribution is 2.20. The molecule has 2 aromatic carbocycles. The van der Waals surface area contributed by atoms with Gasteiger partial charge in [-0.25, -0.2) is 9.97 Å². The normalized spacial score (nSPS) is 12.3. The second kappa shape index (κ2) is 9.51. The Labute approximate surface area is 201 Å². The Morgan fingerprint density at radius 3 is 2.71 bits per heavy atom. The number of nitrogen functional groups attached to an aromatic ring is 1. The van der Waals surface area contributed by atoms with Crippen molar-refractivity contribution in [2.45, 2.75) is 38.8 Å². The fourth-order valence-corrected chi connectivity index (χ4v) is 4.30. The highest BCUT2D eigenvalue weighted by molar-refractivity contribution is 5.83. The molecule has 0 spiro atoms. The molecule has 0 aliphatic heterocycles. The van der Waals surface area contributed by atoms with Gasteiger partial charge < -0.3 is 21.8 Å². The largest absolute Gasteiger partial charge is 0.368 e. The topological polar surface area (TPSA) is 153 Å². The van der Waals surface area contributed by atoms with Gasteiger partial charge in [-0.15, -0.1) is 0 Å². The van der Waals surface area contributed by atoms with E-state index in [0.717, 1.165) is 35.4 Å². The van der Waals surface area contributed by atoms with E-state index < -0.39 is 0 Å². The lowest BCUT2D eigenvalue weighted by molar-refractivity contribution is 0.593. The first kappa shape index (κ1) is 22.5. The van der Waals surface area contributed by atoms with Crippen LogP contribution in [0.25, 0.3) is 27.8 Å². The van der Waals surface area contributed by atoms with E-state index in [1.165, 1.54) is 0 Å². The number of aromatic nitrogens is 6. The fraction of sp³-hybridized carbons (Fsp3) is 0.240. The number of aryl methyl sites for hydroxylation is 2. The molecule has 0 radical (unpaired) electrons. The van der Waals surface area contributed by atoms with E-state index in [4.69, 9.17) is 16.5 Å². The maximum absolute atomic E-state index is 13.5. The molecule has 178 valence electrons. The lowest BCUT2D eigenvalue weighted by Crippen LogP contribution is -2.30. The number of nitrogens with one attached hydrogen (secondary N) is 2. The molecule has 0 saturated heterocycles. The van der Waals surface area contributed by atoms with Crippen LogP contribution in [0.1, 0.15) is 30.7 Å². The summed E-state index contributed by atoms with van der Waals surface area (Å²) < 4.78 is 1.73. The maximum atomic E-state index is 13.5. The zero-order valence-electron chi connectivity index (χ0n) is 19.4. The predicted octanol–water partition coefficient (Wildman–Crippen LogP) is 3.05. The summed E-state index contributed by atoms with van der Waals surface area (Å²) in [6.45, 7) is 1.94. The van der Waals surface area contributed by atoms with Crippen LogP contribution in [0.4, 0.5) is 11.8 Å². The van der Waals surface area contributed by atoms with E-state index in [0.29, 0.717) is 35.2 Å². The fourth-order valence-electron chi connectivity index (χ4n) is 4.30. The van der Waals surface area contributed by atoms with Crippen LogP contribution < -0.4 is 22.3 Å². The van der Waals surface area contributed by atoms with Gasteiger partial charge in [0.25, 0.3) is 5.56 Å². The Hall–Kier alpha value is -4.31. The Kier molecular flexibility index (Phi) is 6.11. The Morgan fingerprint density at radius 1 is 1.06 bits per heavy atom. The van der Waals surface area contributed by atoms with Crippen LogP contribution in [-0.2, 0) is 6.42 Å². The molecule has 0 aliphatic carbocycles. The highest BCUT2D eigenvalue weighted by atomic mass is 16.1. The van der Waals surface area contributed by atoms with Crippen LogP contribution in [-0.4, -0.2) is 35.7 Å². The summed E-state index contributed by atoms with van der Waals surface area (Å²) in [6.07, 6.45) is 4.18. The van der Waals surface area contributed by atoms with Gasteiger partial charge in [-0.1, -0.05) is 30.3 Å². The molecule has 6 N–H and O–H groups in total. The Balaban J connectivity index is 1.32. The van der Waals surface area contributed by atoms with E-state index in [9.17, 15) is 4.79 Å². The van der Waals surface area contributed by atoms with Crippen molar-refractivity contribution in [3.8, 4) is 5.69 Å². The molecule has 35 heavy (non-hydrogen) atoms. The quantitative estimate of drug-likeness (QED) is 0.200. The van der Waals surface area contributed by atoms with E-state index in [2.05, 4.69) is 25.3 Å². The zero-order chi connectivity index (χ0) is 24.4. The van der Waals surface area contributed by atoms with Crippen molar-refractivity contribution in [3.63, 3.8) is 0 Å². The SMILES string of the molecule is Cc1cccc2nc(CCCCC(N)Nc3nc(N)nc4[nH]cnc34)n(-c3ccccc3)c(=O)c12. The number of para-hydroxylation sites is 1. The van der Waals surface area contributed by atoms with Crippen LogP contribution in [0, 0.1) is 6.92 Å². The van der Waals surface area contributed by atoms with Crippen LogP contribution >= 0.6 is 0 Å². The number of fused-ring (bicyclic) bond motifs is 2. The van der Waals surface area contributed by atoms with E-state index >= 15 is 0 Å². The first-order chi connectivity index (χ1) is 17.0. The molecule has 1 unspecified atom stereocenters. The molecule has 10 heteroatoms. The van der Waals surface area contributed by atoms with Crippen molar-refractivity contribution < 1.29 is 0 Å². The number of nitrogens with two attached hydrogens (primary N) is 2. The average Bonchev–Trinajstić information content (AvgIpc) is 3.31. The number of rotatable bonds is 8. The molecule has 5 aromatic rings. The molecule has 5 rings (SSSR count). The van der Waals surface area contributed by atoms with Gasteiger partial charge in [-0.2, -0.15) is 9.97 Å². The number of hydrogen-bond acceptors (Lipinski definition) is 8. The van der Waals surface area contributed by atoms with Crippen LogP contribution in [0.15, 0.2) is 59.7 Å². The molecule has 10 nitrogen and oxygen atoms in total. The third-order valence-corrected chi connectivity index (χ3v) is 5.97. The van der Waals surface area contributed by atoms with Gasteiger partial charge in [0.15, 0.2) is 11.5 Å². The molecule has 0 fully saturated rings. The van der Waals surface area contributed by atoms with Gasteiger partial charge in [0, 0.05) is 6.42 Å². The number of imidazole rings is 1. The van der Waals surface area contributed by atoms with E-state index in [1.807, 2.05) is 55.5 Å². The number of benzene rings is 2. The van der Waals surface area contributed by atoms with Crippen molar-refractivity contribution in [3.05, 3.63) is 76.6 Å². The third kappa shape index (κ3) is 4.56. The summed E-state index contributed by atoms with van der Waals surface area (Å²) in [4.78, 5) is 33.9. The summed E-state index contributed by atoms with van der Waals surface area (Å²) in [5.74, 6) is 1.39. The Bertz CT molecular complexity index is 1540. The molecular formula is C25H27N9O. The van der Waals surface area contributed by atoms with Gasteiger partial charge in [-0.3, -0.25) is 9.36 Å². The first-order valence-corrected chi connectivity index (χ1v) is 11.6. The number of aromatic amines is 1. The number of nitrogens with zero attached hydrogens (tertiary/aromatic N) is 5. The average molecular weight is 470 g/mol. The van der Waals surface area contributed by atoms with Crippen molar-refractivity contribution in [2.24, 2.45) is 5.73 Å². The molecular weight excluding hydrogens is 442 g/mol. The van der Waals surface area contributed by atoms with Gasteiger partial charge >= 0.3 is 0 Å². The van der Waals surface area contributed by atoms with E-state index in [-0.39, 0.29) is 17.7 Å². The molecule has 3 aromatic heterocycles. The second-order valence-electron chi connectivity index (χ2n) is 8.50. The summed E-state index contributed by atoms with van der Waals surface area (Å²) in [5, 5.41) is 3.83. The van der Waals surface area contributed by atoms with Gasteiger partial charge in [0.05, 0.1) is 29.1 Å². The number of unbranched alkanes of at least 4 members (excludes halogenated alkanes) is 1. The zero-order valence-corrected chi connectivity index (χ0v) is 19.4. The predicted molar refractivity (Wildman–Crippen MR) is 137 cm³/mol. The monoisotopic (exact) mass is 469 g/mol. The molecule has 0 bridgehead atoms. The lowest BCUT2D eigenvalue weighted by Gasteiger charge is -2.16. The van der Waals surface area contributed by atoms with Crippen LogP contribution in [0.5, 0.6) is 0 Å². The number of anilines is 2. The maximum Gasteiger partial charge on any atom is 0.266 e. The Morgan fingerprint density at radius 2 is 1.89 bits per heavy atom. The minimum absolute atomic E-state index is 0.0444. The molecule has 1 atom stereocenters. The van der Waals surface area contributed by atoms with Gasteiger partial charge in [0.2, 0.25) is 5.95 Å². The molecule has 0 saturated carbocycles. The molecule has 3 heterocycles. The van der Waals surface area contributed by atoms with Crippen LogP contribution in [0.2, 0.25) is 0 Å². The smallest absolute Gasteiger partial charge is 0.266 e. The highest BCUT2D eigenvalue weighted by Gasteiger charge is 2.15. The molecule has 0 aliphatic rings. The second-order valence-corrected chi connectivity index (χ2v) is 8.50. The van der Waals surface area contributed by atoms with Gasteiger partial charge in [0.1, 0.15) is 11.3 Å². The van der Waals surface area contributed by atoms with E-state index in [1.54, 1.807) is 10.9 Å². The van der Waals surface area contributed by atoms with Crippen molar-refractivity contribution >= 4 is 33.8 Å². The van der Waals surface area contributed by atoms with Crippen LogP contribution in [0.3, 0.4) is 0 Å². The minimum atomic E-state index is -0.340. The first-order valence-electron chi connectivity index (χ1n) is 11.6. The summed E-state index contributed by atoms with van der Waals surface area (Å²) in [5.41, 5.74) is 15.7. The molecule has 0 amide bonds. The lowest BCUT2D eigenvalue weighted by atomic mass is 10.1. The standard InChI is InChI=1S/C25H27N9O/c1-15-8-7-11-17-20(15)24(35)34(16-9-3-2-4-10-16)19(30-17)13-6-5-12-18(26)31-23-21-22(29-14-28-21)32-25(27)33-23/h2-4,7-11,14,18H,5-6,12-13,26H2,1H3,(H4,27,28,29,31,32,33).